The Labute approximate surface area is 115 Å². The zero-order valence-corrected chi connectivity index (χ0v) is 11.3. The molecule has 1 unspecified atom stereocenters. The van der Waals surface area contributed by atoms with Gasteiger partial charge in [-0.15, -0.1) is 0 Å². The molecule has 0 fully saturated rings. The van der Waals surface area contributed by atoms with Crippen molar-refractivity contribution < 1.29 is 18.7 Å². The molecule has 3 N–H and O–H groups in total. The van der Waals surface area contributed by atoms with E-state index in [1.165, 1.54) is 0 Å². The van der Waals surface area contributed by atoms with Gasteiger partial charge in [0.05, 0.1) is 5.92 Å². The molecule has 0 aliphatic carbocycles. The normalized spacial score (nSPS) is 13.2. The first-order valence-electron chi connectivity index (χ1n) is 6.37. The zero-order valence-electron chi connectivity index (χ0n) is 11.3. The van der Waals surface area contributed by atoms with E-state index in [-0.39, 0.29) is 6.54 Å². The van der Waals surface area contributed by atoms with Crippen LogP contribution in [0.5, 0.6) is 0 Å². The lowest BCUT2D eigenvalue weighted by Crippen LogP contribution is -2.21. The van der Waals surface area contributed by atoms with Crippen LogP contribution in [0.25, 0.3) is 21.9 Å². The Kier molecular flexibility index (Phi) is 2.79. The van der Waals surface area contributed by atoms with E-state index in [9.17, 15) is 9.90 Å². The molecule has 104 valence electrons. The molecule has 3 rings (SSSR count). The van der Waals surface area contributed by atoms with E-state index >= 15 is 0 Å². The van der Waals surface area contributed by atoms with Gasteiger partial charge in [0.25, 0.3) is 0 Å². The maximum Gasteiger partial charge on any atom is 0.312 e. The van der Waals surface area contributed by atoms with E-state index < -0.39 is 11.9 Å². The Morgan fingerprint density at radius 3 is 2.60 bits per heavy atom. The number of rotatable bonds is 3. The largest absolute Gasteiger partial charge is 0.481 e. The smallest absolute Gasteiger partial charge is 0.312 e. The second-order valence-corrected chi connectivity index (χ2v) is 4.96. The monoisotopic (exact) mass is 273 g/mol. The van der Waals surface area contributed by atoms with E-state index in [1.807, 2.05) is 32.0 Å². The summed E-state index contributed by atoms with van der Waals surface area (Å²) in [6.07, 6.45) is 0. The van der Waals surface area contributed by atoms with E-state index in [2.05, 4.69) is 0 Å². The van der Waals surface area contributed by atoms with Crippen molar-refractivity contribution in [3.05, 3.63) is 35.3 Å². The lowest BCUT2D eigenvalue weighted by atomic mass is 9.94. The van der Waals surface area contributed by atoms with E-state index in [4.69, 9.17) is 14.6 Å². The van der Waals surface area contributed by atoms with Crippen molar-refractivity contribution in [2.75, 3.05) is 6.54 Å². The van der Waals surface area contributed by atoms with Crippen LogP contribution in [0.2, 0.25) is 0 Å². The number of benzene rings is 1. The molecule has 2 heterocycles. The Bertz CT molecular complexity index is 757. The van der Waals surface area contributed by atoms with E-state index in [0.717, 1.165) is 22.3 Å². The maximum atomic E-state index is 11.5. The Morgan fingerprint density at radius 1 is 1.25 bits per heavy atom. The van der Waals surface area contributed by atoms with Gasteiger partial charge in [-0.25, -0.2) is 0 Å². The van der Waals surface area contributed by atoms with E-state index in [0.29, 0.717) is 16.7 Å². The average Bonchev–Trinajstić information content (AvgIpc) is 2.89. The minimum atomic E-state index is -0.964. The van der Waals surface area contributed by atoms with Crippen molar-refractivity contribution in [3.8, 4) is 0 Å². The second kappa shape index (κ2) is 4.38. The molecule has 5 nitrogen and oxygen atoms in total. The lowest BCUT2D eigenvalue weighted by Gasteiger charge is -2.11. The minimum Gasteiger partial charge on any atom is -0.481 e. The van der Waals surface area contributed by atoms with Crippen molar-refractivity contribution in [3.63, 3.8) is 0 Å². The first-order chi connectivity index (χ1) is 9.51. The van der Waals surface area contributed by atoms with Crippen molar-refractivity contribution in [1.82, 2.24) is 0 Å². The highest BCUT2D eigenvalue weighted by atomic mass is 16.4. The molecule has 0 spiro atoms. The number of hydrogen-bond acceptors (Lipinski definition) is 4. The second-order valence-electron chi connectivity index (χ2n) is 4.96. The van der Waals surface area contributed by atoms with Gasteiger partial charge in [-0.1, -0.05) is 0 Å². The Hall–Kier alpha value is -2.27. The molecule has 0 saturated carbocycles. The molecule has 20 heavy (non-hydrogen) atoms. The minimum absolute atomic E-state index is 0.00746. The summed E-state index contributed by atoms with van der Waals surface area (Å²) in [5.41, 5.74) is 7.48. The molecule has 0 aliphatic heterocycles. The maximum absolute atomic E-state index is 11.5. The number of nitrogens with two attached hydrogens (primary N) is 1. The van der Waals surface area contributed by atoms with Crippen molar-refractivity contribution >= 4 is 27.9 Å². The van der Waals surface area contributed by atoms with E-state index in [1.54, 1.807) is 0 Å². The fraction of sp³-hybridized carbons (Fsp3) is 0.267. The number of aliphatic carboxylic acids is 1. The summed E-state index contributed by atoms with van der Waals surface area (Å²) in [6, 6.07) is 5.56. The summed E-state index contributed by atoms with van der Waals surface area (Å²) in [4.78, 5) is 11.5. The van der Waals surface area contributed by atoms with Crippen LogP contribution in [0.4, 0.5) is 0 Å². The zero-order chi connectivity index (χ0) is 14.4. The van der Waals surface area contributed by atoms with Gasteiger partial charge >= 0.3 is 5.97 Å². The molecule has 1 atom stereocenters. The van der Waals surface area contributed by atoms with Crippen molar-refractivity contribution in [2.24, 2.45) is 5.73 Å². The highest BCUT2D eigenvalue weighted by molar-refractivity contribution is 6.01. The van der Waals surface area contributed by atoms with Crippen LogP contribution >= 0.6 is 0 Å². The van der Waals surface area contributed by atoms with Crippen LogP contribution < -0.4 is 5.73 Å². The molecule has 5 heteroatoms. The predicted octanol–water partition coefficient (Wildman–Crippen LogP) is 2.92. The van der Waals surface area contributed by atoms with Gasteiger partial charge in [-0.2, -0.15) is 0 Å². The number of furan rings is 2. The van der Waals surface area contributed by atoms with Gasteiger partial charge < -0.3 is 19.7 Å². The molecular weight excluding hydrogens is 258 g/mol. The molecule has 3 aromatic rings. The summed E-state index contributed by atoms with van der Waals surface area (Å²) in [6.45, 7) is 3.66. The van der Waals surface area contributed by atoms with Crippen molar-refractivity contribution in [2.45, 2.75) is 19.8 Å². The third kappa shape index (κ3) is 1.78. The molecule has 2 aromatic heterocycles. The number of carboxylic acid groups (broad SMARTS) is 1. The Morgan fingerprint density at radius 2 is 1.95 bits per heavy atom. The summed E-state index contributed by atoms with van der Waals surface area (Å²) in [5.74, 6) is -0.323. The SMILES string of the molecule is Cc1cc2c(C(CN)C(=O)O)c3oc(C)cc3cc2o1. The van der Waals surface area contributed by atoms with Gasteiger partial charge in [-0.05, 0) is 32.0 Å². The number of aryl methyl sites for hydroxylation is 2. The van der Waals surface area contributed by atoms with Crippen LogP contribution in [0.1, 0.15) is 23.0 Å². The standard InChI is InChI=1S/C15H15NO4/c1-7-3-9-5-12-10(4-8(2)19-12)13(14(9)20-7)11(6-16)15(17)18/h3-5,11H,6,16H2,1-2H3,(H,17,18). The van der Waals surface area contributed by atoms with Crippen LogP contribution in [0, 0.1) is 13.8 Å². The summed E-state index contributed by atoms with van der Waals surface area (Å²) in [5, 5.41) is 11.0. The van der Waals surface area contributed by atoms with Crippen LogP contribution in [0.3, 0.4) is 0 Å². The van der Waals surface area contributed by atoms with Gasteiger partial charge in [0.1, 0.15) is 22.7 Å². The fourth-order valence-electron chi connectivity index (χ4n) is 2.65. The van der Waals surface area contributed by atoms with Gasteiger partial charge in [-0.3, -0.25) is 4.79 Å². The molecule has 1 aromatic carbocycles. The molecule has 0 bridgehead atoms. The molecule has 0 radical (unpaired) electrons. The predicted molar refractivity (Wildman–Crippen MR) is 74.9 cm³/mol. The average molecular weight is 273 g/mol. The number of carbonyl (C=O) groups is 1. The highest BCUT2D eigenvalue weighted by Crippen LogP contribution is 2.36. The van der Waals surface area contributed by atoms with Crippen LogP contribution in [-0.2, 0) is 4.79 Å². The molecule has 0 amide bonds. The van der Waals surface area contributed by atoms with Crippen LogP contribution in [0.15, 0.2) is 27.0 Å². The number of hydrogen-bond donors (Lipinski definition) is 2. The Balaban J connectivity index is 2.45. The summed E-state index contributed by atoms with van der Waals surface area (Å²) in [7, 11) is 0. The summed E-state index contributed by atoms with van der Waals surface area (Å²) < 4.78 is 11.3. The number of carboxylic acids is 1. The van der Waals surface area contributed by atoms with Gasteiger partial charge in [0, 0.05) is 22.9 Å². The molecule has 0 saturated heterocycles. The highest BCUT2D eigenvalue weighted by Gasteiger charge is 2.26. The van der Waals surface area contributed by atoms with Gasteiger partial charge in [0.2, 0.25) is 0 Å². The quantitative estimate of drug-likeness (QED) is 0.765. The topological polar surface area (TPSA) is 89.6 Å². The lowest BCUT2D eigenvalue weighted by molar-refractivity contribution is -0.138. The first-order valence-corrected chi connectivity index (χ1v) is 6.37. The fourth-order valence-corrected chi connectivity index (χ4v) is 2.65. The van der Waals surface area contributed by atoms with Gasteiger partial charge in [0.15, 0.2) is 0 Å². The summed E-state index contributed by atoms with van der Waals surface area (Å²) >= 11 is 0. The van der Waals surface area contributed by atoms with Crippen molar-refractivity contribution in [1.29, 1.82) is 0 Å². The first kappa shape index (κ1) is 12.7. The number of fused-ring (bicyclic) bond motifs is 2. The molecular formula is C15H15NO4. The third-order valence-corrected chi connectivity index (χ3v) is 3.47. The van der Waals surface area contributed by atoms with Crippen LogP contribution in [-0.4, -0.2) is 17.6 Å². The molecule has 0 aliphatic rings. The third-order valence-electron chi connectivity index (χ3n) is 3.47.